The number of carbonyl (C=O) groups excluding carboxylic acids is 1. The van der Waals surface area contributed by atoms with Crippen molar-refractivity contribution in [3.63, 3.8) is 0 Å². The van der Waals surface area contributed by atoms with E-state index in [0.717, 1.165) is 25.7 Å². The molecule has 0 aromatic rings. The van der Waals surface area contributed by atoms with E-state index in [-0.39, 0.29) is 17.7 Å². The molecule has 3 atom stereocenters. The molecular weight excluding hydrogens is 252 g/mol. The van der Waals surface area contributed by atoms with Crippen LogP contribution in [-0.4, -0.2) is 37.9 Å². The van der Waals surface area contributed by atoms with Gasteiger partial charge in [0, 0.05) is 12.6 Å². The van der Waals surface area contributed by atoms with Crippen LogP contribution in [0.15, 0.2) is 0 Å². The Morgan fingerprint density at radius 3 is 2.61 bits per heavy atom. The highest BCUT2D eigenvalue weighted by molar-refractivity contribution is 7.92. The summed E-state index contributed by atoms with van der Waals surface area (Å²) in [5.74, 6) is 0.254. The average Bonchev–Trinajstić information content (AvgIpc) is 2.71. The Balaban J connectivity index is 1.84. The van der Waals surface area contributed by atoms with Crippen LogP contribution >= 0.6 is 0 Å². The van der Waals surface area contributed by atoms with Crippen molar-refractivity contribution in [2.24, 2.45) is 11.7 Å². The Bertz CT molecular complexity index is 408. The van der Waals surface area contributed by atoms with Gasteiger partial charge in [-0.25, -0.2) is 8.42 Å². The quantitative estimate of drug-likeness (QED) is 0.769. The molecule has 2 aliphatic rings. The minimum atomic E-state index is -3.22. The lowest BCUT2D eigenvalue weighted by Crippen LogP contribution is -2.44. The number of hydrogen-bond donors (Lipinski definition) is 2. The molecule has 1 heterocycles. The van der Waals surface area contributed by atoms with Crippen molar-refractivity contribution < 1.29 is 13.2 Å². The molecule has 1 aliphatic heterocycles. The predicted molar refractivity (Wildman–Crippen MR) is 69.8 cm³/mol. The first-order chi connectivity index (χ1) is 8.49. The second-order valence-electron chi connectivity index (χ2n) is 5.54. The summed E-state index contributed by atoms with van der Waals surface area (Å²) in [6.45, 7) is 0.568. The summed E-state index contributed by atoms with van der Waals surface area (Å²) in [6, 6.07) is 0.241. The van der Waals surface area contributed by atoms with Crippen LogP contribution in [0, 0.1) is 5.92 Å². The number of hydrogen-bond acceptors (Lipinski definition) is 4. The van der Waals surface area contributed by atoms with E-state index in [1.165, 1.54) is 0 Å². The van der Waals surface area contributed by atoms with Crippen molar-refractivity contribution in [3.8, 4) is 0 Å². The highest BCUT2D eigenvalue weighted by atomic mass is 32.2. The average molecular weight is 274 g/mol. The van der Waals surface area contributed by atoms with Crippen molar-refractivity contribution in [2.75, 3.05) is 12.3 Å². The van der Waals surface area contributed by atoms with E-state index in [2.05, 4.69) is 5.32 Å². The van der Waals surface area contributed by atoms with Crippen molar-refractivity contribution in [1.82, 2.24) is 5.32 Å². The second-order valence-corrected chi connectivity index (χ2v) is 7.84. The molecule has 1 saturated carbocycles. The van der Waals surface area contributed by atoms with Crippen molar-refractivity contribution in [1.29, 1.82) is 0 Å². The zero-order valence-corrected chi connectivity index (χ0v) is 11.4. The second kappa shape index (κ2) is 5.57. The summed E-state index contributed by atoms with van der Waals surface area (Å²) < 4.78 is 23.6. The normalized spacial score (nSPS) is 35.3. The molecule has 0 aromatic heterocycles. The molecule has 2 rings (SSSR count). The van der Waals surface area contributed by atoms with Gasteiger partial charge in [-0.3, -0.25) is 4.79 Å². The summed E-state index contributed by atoms with van der Waals surface area (Å²) in [4.78, 5) is 11.9. The lowest BCUT2D eigenvalue weighted by atomic mass is 10.1. The highest BCUT2D eigenvalue weighted by Crippen LogP contribution is 2.24. The Kier molecular flexibility index (Phi) is 4.27. The fourth-order valence-electron chi connectivity index (χ4n) is 2.91. The maximum atomic E-state index is 11.9. The van der Waals surface area contributed by atoms with Gasteiger partial charge in [-0.1, -0.05) is 6.42 Å². The molecule has 0 bridgehead atoms. The number of carbonyl (C=O) groups is 1. The third kappa shape index (κ3) is 3.23. The molecule has 6 heteroatoms. The summed E-state index contributed by atoms with van der Waals surface area (Å²) in [6.07, 6.45) is 4.94. The van der Waals surface area contributed by atoms with Crippen LogP contribution in [-0.2, 0) is 14.6 Å². The van der Waals surface area contributed by atoms with Gasteiger partial charge in [0.15, 0.2) is 9.84 Å². The molecule has 0 radical (unpaired) electrons. The van der Waals surface area contributed by atoms with Gasteiger partial charge < -0.3 is 11.1 Å². The summed E-state index contributed by atoms with van der Waals surface area (Å²) in [7, 11) is -3.22. The molecule has 1 amide bonds. The van der Waals surface area contributed by atoms with Crippen LogP contribution in [0.3, 0.4) is 0 Å². The van der Waals surface area contributed by atoms with Crippen molar-refractivity contribution in [3.05, 3.63) is 0 Å². The van der Waals surface area contributed by atoms with Crippen LogP contribution in [0.2, 0.25) is 0 Å². The van der Waals surface area contributed by atoms with Gasteiger partial charge in [-0.2, -0.15) is 0 Å². The zero-order valence-electron chi connectivity index (χ0n) is 10.6. The maximum absolute atomic E-state index is 11.9. The van der Waals surface area contributed by atoms with Gasteiger partial charge in [0.2, 0.25) is 5.91 Å². The first-order valence-electron chi connectivity index (χ1n) is 6.74. The fraction of sp³-hybridized carbons (Fsp3) is 0.917. The van der Waals surface area contributed by atoms with E-state index in [9.17, 15) is 13.2 Å². The smallest absolute Gasteiger partial charge is 0.238 e. The Labute approximate surface area is 108 Å². The third-order valence-corrected chi connectivity index (χ3v) is 6.19. The fourth-order valence-corrected chi connectivity index (χ4v) is 4.73. The number of rotatable bonds is 3. The maximum Gasteiger partial charge on any atom is 0.238 e. The third-order valence-electron chi connectivity index (χ3n) is 4.02. The van der Waals surface area contributed by atoms with E-state index in [1.807, 2.05) is 0 Å². The van der Waals surface area contributed by atoms with Gasteiger partial charge in [-0.05, 0) is 38.0 Å². The first-order valence-corrected chi connectivity index (χ1v) is 8.45. The standard InChI is InChI=1S/C12H22N2O3S/c13-10-5-4-9(7-10)8-14-12(15)11-3-1-2-6-18(11,16)17/h9-11H,1-8,13H2,(H,14,15). The number of nitrogens with one attached hydrogen (secondary N) is 1. The SMILES string of the molecule is NC1CCC(CNC(=O)C2CCCCS2(=O)=O)C1. The summed E-state index contributed by atoms with van der Waals surface area (Å²) in [5, 5.41) is 1.98. The van der Waals surface area contributed by atoms with Crippen LogP contribution in [0.4, 0.5) is 0 Å². The first kappa shape index (κ1) is 13.8. The zero-order chi connectivity index (χ0) is 13.2. The van der Waals surface area contributed by atoms with E-state index in [4.69, 9.17) is 5.73 Å². The predicted octanol–water partition coefficient (Wildman–Crippen LogP) is 0.197. The molecule has 0 aromatic carbocycles. The van der Waals surface area contributed by atoms with Gasteiger partial charge in [0.05, 0.1) is 5.75 Å². The molecule has 104 valence electrons. The van der Waals surface area contributed by atoms with Crippen LogP contribution in [0.25, 0.3) is 0 Å². The lowest BCUT2D eigenvalue weighted by molar-refractivity contribution is -0.121. The van der Waals surface area contributed by atoms with Crippen LogP contribution in [0.1, 0.15) is 38.5 Å². The monoisotopic (exact) mass is 274 g/mol. The van der Waals surface area contributed by atoms with E-state index >= 15 is 0 Å². The van der Waals surface area contributed by atoms with E-state index < -0.39 is 15.1 Å². The van der Waals surface area contributed by atoms with E-state index in [1.54, 1.807) is 0 Å². The van der Waals surface area contributed by atoms with Crippen LogP contribution < -0.4 is 11.1 Å². The van der Waals surface area contributed by atoms with Gasteiger partial charge in [-0.15, -0.1) is 0 Å². The Morgan fingerprint density at radius 1 is 1.22 bits per heavy atom. The van der Waals surface area contributed by atoms with Gasteiger partial charge in [0.25, 0.3) is 0 Å². The molecule has 3 N–H and O–H groups in total. The van der Waals surface area contributed by atoms with Gasteiger partial charge >= 0.3 is 0 Å². The molecule has 18 heavy (non-hydrogen) atoms. The molecule has 3 unspecified atom stereocenters. The largest absolute Gasteiger partial charge is 0.355 e. The number of nitrogens with two attached hydrogens (primary N) is 1. The summed E-state index contributed by atoms with van der Waals surface area (Å²) in [5.41, 5.74) is 5.81. The minimum Gasteiger partial charge on any atom is -0.355 e. The van der Waals surface area contributed by atoms with Gasteiger partial charge in [0.1, 0.15) is 5.25 Å². The highest BCUT2D eigenvalue weighted by Gasteiger charge is 2.35. The number of amides is 1. The lowest BCUT2D eigenvalue weighted by Gasteiger charge is -2.22. The summed E-state index contributed by atoms with van der Waals surface area (Å²) >= 11 is 0. The molecular formula is C12H22N2O3S. The molecule has 5 nitrogen and oxygen atoms in total. The van der Waals surface area contributed by atoms with Crippen LogP contribution in [0.5, 0.6) is 0 Å². The number of sulfone groups is 1. The Morgan fingerprint density at radius 2 is 2.00 bits per heavy atom. The van der Waals surface area contributed by atoms with Crippen molar-refractivity contribution >= 4 is 15.7 Å². The molecule has 2 fully saturated rings. The topological polar surface area (TPSA) is 89.3 Å². The molecule has 1 saturated heterocycles. The molecule has 0 spiro atoms. The Hall–Kier alpha value is -0.620. The van der Waals surface area contributed by atoms with Crippen molar-refractivity contribution in [2.45, 2.75) is 49.8 Å². The minimum absolute atomic E-state index is 0.152. The van der Waals surface area contributed by atoms with E-state index in [0.29, 0.717) is 25.3 Å². The molecule has 1 aliphatic carbocycles.